The Bertz CT molecular complexity index is 1710. The fraction of sp³-hybridized carbons (Fsp3) is 0.417. The van der Waals surface area contributed by atoms with E-state index in [9.17, 15) is 0 Å². The monoisotopic (exact) mass is 664 g/mol. The van der Waals surface area contributed by atoms with Crippen molar-refractivity contribution in [3.05, 3.63) is 129 Å². The highest BCUT2D eigenvalue weighted by molar-refractivity contribution is 6.94. The summed E-state index contributed by atoms with van der Waals surface area (Å²) in [6, 6.07) is 35.7. The topological polar surface area (TPSA) is 0 Å². The van der Waals surface area contributed by atoms with Gasteiger partial charge in [-0.2, -0.15) is 0 Å². The van der Waals surface area contributed by atoms with Gasteiger partial charge in [0.15, 0.2) is 0 Å². The molecule has 0 N–H and O–H groups in total. The van der Waals surface area contributed by atoms with Crippen LogP contribution in [0.1, 0.15) is 127 Å². The van der Waals surface area contributed by atoms with E-state index in [-0.39, 0.29) is 10.8 Å². The summed E-state index contributed by atoms with van der Waals surface area (Å²) >= 11 is 0. The molecule has 0 amide bonds. The van der Waals surface area contributed by atoms with E-state index < -0.39 is 8.07 Å². The molecular weight excluding hydrogens is 605 g/mol. The van der Waals surface area contributed by atoms with Crippen LogP contribution < -0.4 is 0 Å². The summed E-state index contributed by atoms with van der Waals surface area (Å²) in [7, 11) is -2.01. The Hall–Kier alpha value is -3.42. The van der Waals surface area contributed by atoms with Crippen LogP contribution in [0.5, 0.6) is 0 Å². The minimum Gasteiger partial charge on any atom is -0.0709 e. The lowest BCUT2D eigenvalue weighted by Gasteiger charge is -2.36. The van der Waals surface area contributed by atoms with Crippen LogP contribution in [-0.2, 0) is 23.7 Å². The first-order valence-corrected chi connectivity index (χ1v) is 21.7. The zero-order valence-electron chi connectivity index (χ0n) is 31.8. The summed E-state index contributed by atoms with van der Waals surface area (Å²) in [6.45, 7) is 18.7. The summed E-state index contributed by atoms with van der Waals surface area (Å²) in [5.74, 6) is 0. The van der Waals surface area contributed by atoms with E-state index in [1.54, 1.807) is 10.4 Å². The number of allylic oxidation sites excluding steroid dienone is 2. The molecule has 0 aliphatic heterocycles. The molecule has 0 heterocycles. The predicted octanol–water partition coefficient (Wildman–Crippen LogP) is 14.1. The molecule has 1 heteroatoms. The van der Waals surface area contributed by atoms with Crippen LogP contribution in [0.25, 0.3) is 34.4 Å². The van der Waals surface area contributed by atoms with Crippen molar-refractivity contribution in [3.8, 4) is 22.3 Å². The van der Waals surface area contributed by atoms with Gasteiger partial charge in [0.25, 0.3) is 0 Å². The van der Waals surface area contributed by atoms with E-state index >= 15 is 0 Å². The van der Waals surface area contributed by atoms with Crippen LogP contribution in [0.15, 0.2) is 95.3 Å². The molecule has 0 atom stereocenters. The third-order valence-electron chi connectivity index (χ3n) is 11.5. The van der Waals surface area contributed by atoms with Crippen molar-refractivity contribution in [3.63, 3.8) is 0 Å². The van der Waals surface area contributed by atoms with Crippen LogP contribution >= 0.6 is 0 Å². The molecule has 0 fully saturated rings. The molecule has 2 aliphatic carbocycles. The van der Waals surface area contributed by atoms with Crippen LogP contribution in [0.4, 0.5) is 0 Å². The maximum Gasteiger partial charge on any atom is 0.109 e. The molecule has 0 saturated carbocycles. The fourth-order valence-corrected chi connectivity index (χ4v) is 14.0. The lowest BCUT2D eigenvalue weighted by Crippen LogP contribution is -2.40. The van der Waals surface area contributed by atoms with Crippen molar-refractivity contribution in [2.45, 2.75) is 130 Å². The second kappa shape index (κ2) is 14.4. The van der Waals surface area contributed by atoms with Gasteiger partial charge in [0.2, 0.25) is 0 Å². The first-order chi connectivity index (χ1) is 23.4. The van der Waals surface area contributed by atoms with Crippen molar-refractivity contribution < 1.29 is 0 Å². The molecule has 256 valence electrons. The standard InChI is InChI=1S/C48H60Si/c1-9-11-13-27-49(28-14-12-10-2,41-31-37-21-17-25-43(45(37)33-41)35-19-15-23-39(29-35)47(3,4)5)42-32-38-22-18-26-44(46(38)34-42)36-20-16-24-40(30-36)48(6,7)8/h15-26,29-30,33-34H,9-14,27-28,31-32H2,1-8H3. The minimum absolute atomic E-state index is 0.131. The average Bonchev–Trinajstić information content (AvgIpc) is 3.73. The van der Waals surface area contributed by atoms with Gasteiger partial charge in [-0.1, -0.05) is 201 Å². The highest BCUT2D eigenvalue weighted by atomic mass is 28.3. The fourth-order valence-electron chi connectivity index (χ4n) is 8.49. The van der Waals surface area contributed by atoms with Gasteiger partial charge in [-0.25, -0.2) is 0 Å². The Balaban J connectivity index is 1.47. The van der Waals surface area contributed by atoms with Gasteiger partial charge < -0.3 is 0 Å². The molecule has 2 aliphatic rings. The molecule has 0 aromatic heterocycles. The van der Waals surface area contributed by atoms with E-state index in [0.29, 0.717) is 0 Å². The number of unbranched alkanes of at least 4 members (excludes halogenated alkanes) is 4. The SMILES string of the molecule is CCCCC[Si](CCCCC)(C1=Cc2c(cccc2-c2cccc(C(C)(C)C)c2)C1)C1=Cc2c(cccc2-c2cccc(C(C)(C)C)c2)C1. The van der Waals surface area contributed by atoms with Crippen LogP contribution in [0.2, 0.25) is 12.1 Å². The summed E-state index contributed by atoms with van der Waals surface area (Å²) < 4.78 is 0. The first kappa shape index (κ1) is 35.4. The lowest BCUT2D eigenvalue weighted by atomic mass is 9.85. The molecule has 0 saturated heterocycles. The number of benzene rings is 4. The first-order valence-electron chi connectivity index (χ1n) is 19.3. The largest absolute Gasteiger partial charge is 0.109 e. The van der Waals surface area contributed by atoms with Crippen LogP contribution in [-0.4, -0.2) is 8.07 Å². The summed E-state index contributed by atoms with van der Waals surface area (Å²) in [5.41, 5.74) is 14.7. The Morgan fingerprint density at radius 2 is 0.918 bits per heavy atom. The summed E-state index contributed by atoms with van der Waals surface area (Å²) in [6.07, 6.45) is 15.6. The van der Waals surface area contributed by atoms with Gasteiger partial charge >= 0.3 is 0 Å². The highest BCUT2D eigenvalue weighted by Gasteiger charge is 2.43. The van der Waals surface area contributed by atoms with Gasteiger partial charge in [-0.3, -0.25) is 0 Å². The van der Waals surface area contributed by atoms with Crippen LogP contribution in [0, 0.1) is 0 Å². The maximum absolute atomic E-state index is 2.72. The molecule has 49 heavy (non-hydrogen) atoms. The van der Waals surface area contributed by atoms with Gasteiger partial charge in [-0.15, -0.1) is 0 Å². The summed E-state index contributed by atoms with van der Waals surface area (Å²) in [5, 5.41) is 3.59. The lowest BCUT2D eigenvalue weighted by molar-refractivity contribution is 0.590. The van der Waals surface area contributed by atoms with Crippen molar-refractivity contribution in [2.75, 3.05) is 0 Å². The zero-order chi connectivity index (χ0) is 34.8. The predicted molar refractivity (Wildman–Crippen MR) is 219 cm³/mol. The van der Waals surface area contributed by atoms with Crippen molar-refractivity contribution >= 4 is 20.2 Å². The Labute approximate surface area is 299 Å². The third kappa shape index (κ3) is 7.39. The highest BCUT2D eigenvalue weighted by Crippen LogP contribution is 2.48. The number of hydrogen-bond acceptors (Lipinski definition) is 0. The quantitative estimate of drug-likeness (QED) is 0.104. The van der Waals surface area contributed by atoms with E-state index in [1.165, 1.54) is 106 Å². The normalized spacial score (nSPS) is 14.4. The Morgan fingerprint density at radius 1 is 0.510 bits per heavy atom. The minimum atomic E-state index is -2.01. The molecule has 0 nitrogen and oxygen atoms in total. The molecule has 4 aromatic rings. The molecule has 0 unspecified atom stereocenters. The van der Waals surface area contributed by atoms with Gasteiger partial charge in [0, 0.05) is 0 Å². The molecule has 6 rings (SSSR count). The zero-order valence-corrected chi connectivity index (χ0v) is 32.8. The molecule has 0 spiro atoms. The average molecular weight is 665 g/mol. The molecular formula is C48H60Si. The molecule has 0 bridgehead atoms. The molecule has 0 radical (unpaired) electrons. The number of fused-ring (bicyclic) bond motifs is 2. The number of rotatable bonds is 12. The summed E-state index contributed by atoms with van der Waals surface area (Å²) in [4.78, 5) is 0. The van der Waals surface area contributed by atoms with Crippen molar-refractivity contribution in [2.24, 2.45) is 0 Å². The van der Waals surface area contributed by atoms with Gasteiger partial charge in [0.05, 0.1) is 0 Å². The Morgan fingerprint density at radius 3 is 1.31 bits per heavy atom. The van der Waals surface area contributed by atoms with E-state index in [0.717, 1.165) is 12.8 Å². The van der Waals surface area contributed by atoms with Crippen molar-refractivity contribution in [1.82, 2.24) is 0 Å². The third-order valence-corrected chi connectivity index (χ3v) is 17.0. The second-order valence-electron chi connectivity index (χ2n) is 17.1. The number of hydrogen-bond donors (Lipinski definition) is 0. The Kier molecular flexibility index (Phi) is 10.4. The molecule has 4 aromatic carbocycles. The second-order valence-corrected chi connectivity index (χ2v) is 21.6. The van der Waals surface area contributed by atoms with Crippen molar-refractivity contribution in [1.29, 1.82) is 0 Å². The maximum atomic E-state index is 2.72. The van der Waals surface area contributed by atoms with Gasteiger partial charge in [-0.05, 0) is 91.4 Å². The van der Waals surface area contributed by atoms with E-state index in [4.69, 9.17) is 0 Å². The van der Waals surface area contributed by atoms with Crippen LogP contribution in [0.3, 0.4) is 0 Å². The van der Waals surface area contributed by atoms with E-state index in [2.05, 4.69) is 152 Å². The van der Waals surface area contributed by atoms with E-state index in [1.807, 2.05) is 0 Å². The van der Waals surface area contributed by atoms with Gasteiger partial charge in [0.1, 0.15) is 8.07 Å². The smallest absolute Gasteiger partial charge is 0.0709 e.